The van der Waals surface area contributed by atoms with E-state index in [2.05, 4.69) is 43.4 Å². The van der Waals surface area contributed by atoms with Crippen LogP contribution in [0.4, 0.5) is 0 Å². The minimum absolute atomic E-state index is 0.107. The highest BCUT2D eigenvalue weighted by Crippen LogP contribution is 2.40. The molecule has 0 aromatic heterocycles. The fourth-order valence-electron chi connectivity index (χ4n) is 3.20. The average molecular weight is 260 g/mol. The van der Waals surface area contributed by atoms with Crippen molar-refractivity contribution in [2.45, 2.75) is 52.0 Å². The first-order chi connectivity index (χ1) is 9.15. The quantitative estimate of drug-likeness (QED) is 0.821. The Morgan fingerprint density at radius 1 is 1.21 bits per heavy atom. The summed E-state index contributed by atoms with van der Waals surface area (Å²) in [6, 6.07) is 8.68. The van der Waals surface area contributed by atoms with Crippen LogP contribution < -0.4 is 11.1 Å². The fraction of sp³-hybridized carbons (Fsp3) is 0.647. The standard InChI is InChI=1S/C17H28N2/c1-3-17(10-4-5-11-17)13-19-12-16(18)15-8-6-14(2)7-9-15/h6-9,16,19H,3-5,10-13,18H2,1-2H3. The van der Waals surface area contributed by atoms with Gasteiger partial charge in [0.05, 0.1) is 0 Å². The highest BCUT2D eigenvalue weighted by molar-refractivity contribution is 5.24. The third-order valence-electron chi connectivity index (χ3n) is 4.78. The van der Waals surface area contributed by atoms with Gasteiger partial charge in [-0.3, -0.25) is 0 Å². The molecule has 1 saturated carbocycles. The molecule has 2 rings (SSSR count). The molecule has 1 atom stereocenters. The van der Waals surface area contributed by atoms with Crippen LogP contribution in [0, 0.1) is 12.3 Å². The summed E-state index contributed by atoms with van der Waals surface area (Å²) in [6.07, 6.45) is 6.87. The van der Waals surface area contributed by atoms with Gasteiger partial charge < -0.3 is 11.1 Å². The Labute approximate surface area is 117 Å². The second-order valence-corrected chi connectivity index (χ2v) is 6.21. The number of aryl methyl sites for hydroxylation is 1. The first kappa shape index (κ1) is 14.5. The number of benzene rings is 1. The van der Waals surface area contributed by atoms with Crippen LogP contribution in [-0.2, 0) is 0 Å². The molecule has 106 valence electrons. The molecule has 1 fully saturated rings. The van der Waals surface area contributed by atoms with E-state index in [0.717, 1.165) is 13.1 Å². The minimum atomic E-state index is 0.107. The Kier molecular flexibility index (Phi) is 5.00. The van der Waals surface area contributed by atoms with E-state index in [1.807, 2.05) is 0 Å². The molecule has 1 unspecified atom stereocenters. The summed E-state index contributed by atoms with van der Waals surface area (Å²) in [5.41, 5.74) is 9.32. The molecule has 19 heavy (non-hydrogen) atoms. The van der Waals surface area contributed by atoms with E-state index in [-0.39, 0.29) is 6.04 Å². The van der Waals surface area contributed by atoms with Gasteiger partial charge in [0.2, 0.25) is 0 Å². The van der Waals surface area contributed by atoms with Gasteiger partial charge >= 0.3 is 0 Å². The van der Waals surface area contributed by atoms with Crippen LogP contribution in [0.2, 0.25) is 0 Å². The van der Waals surface area contributed by atoms with E-state index in [1.54, 1.807) is 0 Å². The van der Waals surface area contributed by atoms with Crippen molar-refractivity contribution in [2.75, 3.05) is 13.1 Å². The summed E-state index contributed by atoms with van der Waals surface area (Å²) in [5.74, 6) is 0. The van der Waals surface area contributed by atoms with E-state index in [4.69, 9.17) is 5.73 Å². The van der Waals surface area contributed by atoms with E-state index >= 15 is 0 Å². The van der Waals surface area contributed by atoms with Crippen LogP contribution in [0.5, 0.6) is 0 Å². The van der Waals surface area contributed by atoms with Crippen LogP contribution in [0.15, 0.2) is 24.3 Å². The normalized spacial score (nSPS) is 19.5. The smallest absolute Gasteiger partial charge is 0.0421 e. The summed E-state index contributed by atoms with van der Waals surface area (Å²) in [7, 11) is 0. The Morgan fingerprint density at radius 3 is 2.42 bits per heavy atom. The van der Waals surface area contributed by atoms with Gasteiger partial charge in [0.1, 0.15) is 0 Å². The first-order valence-corrected chi connectivity index (χ1v) is 7.68. The molecule has 0 heterocycles. The highest BCUT2D eigenvalue weighted by atomic mass is 14.9. The summed E-state index contributed by atoms with van der Waals surface area (Å²) >= 11 is 0. The average Bonchev–Trinajstić information content (AvgIpc) is 2.89. The molecule has 2 heteroatoms. The largest absolute Gasteiger partial charge is 0.323 e. The van der Waals surface area contributed by atoms with Gasteiger partial charge in [0, 0.05) is 19.1 Å². The van der Waals surface area contributed by atoms with Crippen LogP contribution in [0.1, 0.15) is 56.2 Å². The van der Waals surface area contributed by atoms with Gasteiger partial charge in [-0.25, -0.2) is 0 Å². The van der Waals surface area contributed by atoms with Crippen molar-refractivity contribution in [1.29, 1.82) is 0 Å². The second-order valence-electron chi connectivity index (χ2n) is 6.21. The van der Waals surface area contributed by atoms with Crippen molar-refractivity contribution in [1.82, 2.24) is 5.32 Å². The van der Waals surface area contributed by atoms with Crippen molar-refractivity contribution < 1.29 is 0 Å². The monoisotopic (exact) mass is 260 g/mol. The lowest BCUT2D eigenvalue weighted by molar-refractivity contribution is 0.267. The summed E-state index contributed by atoms with van der Waals surface area (Å²) in [4.78, 5) is 0. The molecule has 0 aliphatic heterocycles. The molecular weight excluding hydrogens is 232 g/mol. The molecule has 0 spiro atoms. The molecule has 2 nitrogen and oxygen atoms in total. The van der Waals surface area contributed by atoms with Gasteiger partial charge in [0.15, 0.2) is 0 Å². The minimum Gasteiger partial charge on any atom is -0.323 e. The van der Waals surface area contributed by atoms with Crippen LogP contribution in [0.3, 0.4) is 0 Å². The number of nitrogens with two attached hydrogens (primary N) is 1. The summed E-state index contributed by atoms with van der Waals surface area (Å²) in [6.45, 7) is 6.44. The van der Waals surface area contributed by atoms with Crippen molar-refractivity contribution in [2.24, 2.45) is 11.1 Å². The molecule has 1 aromatic carbocycles. The van der Waals surface area contributed by atoms with Gasteiger partial charge in [-0.05, 0) is 37.2 Å². The number of hydrogen-bond donors (Lipinski definition) is 2. The van der Waals surface area contributed by atoms with Crippen LogP contribution >= 0.6 is 0 Å². The molecule has 1 aliphatic rings. The topological polar surface area (TPSA) is 38.0 Å². The second kappa shape index (κ2) is 6.53. The maximum absolute atomic E-state index is 6.25. The van der Waals surface area contributed by atoms with Gasteiger partial charge in [0.25, 0.3) is 0 Å². The maximum atomic E-state index is 6.25. The predicted molar refractivity (Wildman–Crippen MR) is 82.2 cm³/mol. The van der Waals surface area contributed by atoms with Gasteiger partial charge in [-0.15, -0.1) is 0 Å². The van der Waals surface area contributed by atoms with Crippen LogP contribution in [0.25, 0.3) is 0 Å². The van der Waals surface area contributed by atoms with Crippen molar-refractivity contribution >= 4 is 0 Å². The number of hydrogen-bond acceptors (Lipinski definition) is 2. The third-order valence-corrected chi connectivity index (χ3v) is 4.78. The summed E-state index contributed by atoms with van der Waals surface area (Å²) in [5, 5.41) is 3.61. The number of nitrogens with one attached hydrogen (secondary N) is 1. The Bertz CT molecular complexity index is 377. The molecule has 0 radical (unpaired) electrons. The summed E-state index contributed by atoms with van der Waals surface area (Å²) < 4.78 is 0. The zero-order valence-corrected chi connectivity index (χ0v) is 12.4. The fourth-order valence-corrected chi connectivity index (χ4v) is 3.20. The Hall–Kier alpha value is -0.860. The zero-order chi connectivity index (χ0) is 13.7. The Balaban J connectivity index is 1.80. The molecule has 1 aromatic rings. The van der Waals surface area contributed by atoms with Crippen molar-refractivity contribution in [3.05, 3.63) is 35.4 Å². The van der Waals surface area contributed by atoms with E-state index in [1.165, 1.54) is 43.2 Å². The van der Waals surface area contributed by atoms with Gasteiger partial charge in [-0.2, -0.15) is 0 Å². The molecule has 1 aliphatic carbocycles. The molecule has 0 amide bonds. The first-order valence-electron chi connectivity index (χ1n) is 7.68. The third kappa shape index (κ3) is 3.80. The molecule has 0 bridgehead atoms. The zero-order valence-electron chi connectivity index (χ0n) is 12.4. The lowest BCUT2D eigenvalue weighted by Gasteiger charge is -2.28. The van der Waals surface area contributed by atoms with Crippen molar-refractivity contribution in [3.8, 4) is 0 Å². The maximum Gasteiger partial charge on any atom is 0.0421 e. The molecule has 3 N–H and O–H groups in total. The predicted octanol–water partition coefficient (Wildman–Crippen LogP) is 3.55. The van der Waals surface area contributed by atoms with E-state index in [0.29, 0.717) is 5.41 Å². The van der Waals surface area contributed by atoms with E-state index < -0.39 is 0 Å². The lowest BCUT2D eigenvalue weighted by atomic mass is 9.83. The molecular formula is C17H28N2. The van der Waals surface area contributed by atoms with E-state index in [9.17, 15) is 0 Å². The highest BCUT2D eigenvalue weighted by Gasteiger charge is 2.31. The van der Waals surface area contributed by atoms with Gasteiger partial charge in [-0.1, -0.05) is 49.6 Å². The Morgan fingerprint density at radius 2 is 1.84 bits per heavy atom. The van der Waals surface area contributed by atoms with Crippen molar-refractivity contribution in [3.63, 3.8) is 0 Å². The van der Waals surface area contributed by atoms with Crippen LogP contribution in [-0.4, -0.2) is 13.1 Å². The lowest BCUT2D eigenvalue weighted by Crippen LogP contribution is -2.35. The SMILES string of the molecule is CCC1(CNCC(N)c2ccc(C)cc2)CCCC1. The number of rotatable bonds is 6. The molecule has 0 saturated heterocycles.